The van der Waals surface area contributed by atoms with E-state index in [-0.39, 0.29) is 11.9 Å². The van der Waals surface area contributed by atoms with Crippen molar-refractivity contribution in [2.24, 2.45) is 7.05 Å². The summed E-state index contributed by atoms with van der Waals surface area (Å²) in [7, 11) is 1.99. The maximum Gasteiger partial charge on any atom is 0.316 e. The average Bonchev–Trinajstić information content (AvgIpc) is 3.06. The summed E-state index contributed by atoms with van der Waals surface area (Å²) in [4.78, 5) is 27.7. The first kappa shape index (κ1) is 16.8. The molecule has 0 aromatic carbocycles. The van der Waals surface area contributed by atoms with Gasteiger partial charge in [-0.2, -0.15) is 0 Å². The molecule has 1 atom stereocenters. The molecule has 26 heavy (non-hydrogen) atoms. The van der Waals surface area contributed by atoms with Crippen LogP contribution in [0.15, 0.2) is 36.4 Å². The third-order valence-corrected chi connectivity index (χ3v) is 5.11. The second-order valence-electron chi connectivity index (χ2n) is 6.86. The highest BCUT2D eigenvalue weighted by Gasteiger charge is 2.34. The average molecular weight is 353 g/mol. The van der Waals surface area contributed by atoms with Crippen molar-refractivity contribution in [3.8, 4) is 6.01 Å². The van der Waals surface area contributed by atoms with Crippen molar-refractivity contribution in [3.63, 3.8) is 0 Å². The normalized spacial score (nSPS) is 19.7. The maximum atomic E-state index is 13.1. The quantitative estimate of drug-likeness (QED) is 0.841. The smallest absolute Gasteiger partial charge is 0.316 e. The molecule has 0 unspecified atom stereocenters. The zero-order valence-electron chi connectivity index (χ0n) is 15.0. The molecular weight excluding hydrogens is 330 g/mol. The molecule has 1 aliphatic heterocycles. The van der Waals surface area contributed by atoms with E-state index < -0.39 is 0 Å². The lowest BCUT2D eigenvalue weighted by Crippen LogP contribution is -2.48. The van der Waals surface area contributed by atoms with Crippen LogP contribution in [-0.2, 0) is 24.8 Å². The number of rotatable bonds is 4. The lowest BCUT2D eigenvalue weighted by Gasteiger charge is -2.36. The van der Waals surface area contributed by atoms with Gasteiger partial charge in [-0.25, -0.2) is 15.0 Å². The van der Waals surface area contributed by atoms with Crippen LogP contribution in [0, 0.1) is 0 Å². The second kappa shape index (κ2) is 7.27. The summed E-state index contributed by atoms with van der Waals surface area (Å²) in [5.74, 6) is 0.114. The number of hydrogen-bond acceptors (Lipinski definition) is 5. The molecular formula is C19H23N5O2. The Balaban J connectivity index is 1.56. The first-order chi connectivity index (χ1) is 12.7. The summed E-state index contributed by atoms with van der Waals surface area (Å²) in [5.41, 5.74) is 3.07. The maximum absolute atomic E-state index is 13.1. The summed E-state index contributed by atoms with van der Waals surface area (Å²) in [6.45, 7) is 0.893. The molecule has 0 bridgehead atoms. The zero-order valence-corrected chi connectivity index (χ0v) is 15.0. The largest absolute Gasteiger partial charge is 0.461 e. The molecule has 3 heterocycles. The lowest BCUT2D eigenvalue weighted by molar-refractivity contribution is -0.131. The number of fused-ring (bicyclic) bond motifs is 1. The Kier molecular flexibility index (Phi) is 4.69. The van der Waals surface area contributed by atoms with E-state index in [1.54, 1.807) is 18.5 Å². The van der Waals surface area contributed by atoms with Crippen molar-refractivity contribution in [3.05, 3.63) is 47.8 Å². The van der Waals surface area contributed by atoms with Gasteiger partial charge in [0, 0.05) is 37.1 Å². The van der Waals surface area contributed by atoms with Gasteiger partial charge in [-0.05, 0) is 31.7 Å². The van der Waals surface area contributed by atoms with Gasteiger partial charge in [0.05, 0.1) is 24.6 Å². The molecule has 4 rings (SSSR count). The Morgan fingerprint density at radius 1 is 1.27 bits per heavy atom. The zero-order chi connectivity index (χ0) is 17.9. The summed E-state index contributed by atoms with van der Waals surface area (Å²) in [6, 6.07) is 2.03. The Labute approximate surface area is 152 Å². The van der Waals surface area contributed by atoms with Crippen LogP contribution in [0.2, 0.25) is 0 Å². The molecule has 1 aliphatic carbocycles. The Morgan fingerprint density at radius 3 is 2.88 bits per heavy atom. The van der Waals surface area contributed by atoms with Gasteiger partial charge in [0.1, 0.15) is 6.61 Å². The van der Waals surface area contributed by atoms with E-state index in [0.29, 0.717) is 19.2 Å². The number of aromatic nitrogens is 4. The van der Waals surface area contributed by atoms with Crippen molar-refractivity contribution < 1.29 is 9.53 Å². The highest BCUT2D eigenvalue weighted by atomic mass is 16.5. The van der Waals surface area contributed by atoms with Crippen molar-refractivity contribution in [1.82, 2.24) is 24.4 Å². The highest BCUT2D eigenvalue weighted by molar-refractivity contribution is 5.93. The number of ether oxygens (including phenoxy) is 1. The minimum atomic E-state index is -0.0583. The van der Waals surface area contributed by atoms with Gasteiger partial charge < -0.3 is 14.2 Å². The lowest BCUT2D eigenvalue weighted by atomic mass is 9.96. The molecule has 1 amide bonds. The van der Waals surface area contributed by atoms with Crippen LogP contribution in [0.4, 0.5) is 0 Å². The Hall–Kier alpha value is -2.70. The van der Waals surface area contributed by atoms with E-state index in [1.165, 1.54) is 6.42 Å². The van der Waals surface area contributed by atoms with Crippen LogP contribution in [0.25, 0.3) is 0 Å². The third-order valence-electron chi connectivity index (χ3n) is 5.11. The standard InChI is InChI=1S/C19H23N5O2/c1-23-13-22-16-11-24(18(25)14-6-3-2-4-7-14)15(10-17(16)23)12-26-19-20-8-5-9-21-19/h5-6,8-9,13,15H,2-4,7,10-12H2,1H3/t15-/m1/s1. The molecule has 2 aliphatic rings. The van der Waals surface area contributed by atoms with Crippen molar-refractivity contribution in [2.75, 3.05) is 6.61 Å². The van der Waals surface area contributed by atoms with E-state index in [1.807, 2.05) is 22.8 Å². The van der Waals surface area contributed by atoms with Crippen LogP contribution >= 0.6 is 0 Å². The van der Waals surface area contributed by atoms with Crippen LogP contribution in [0.3, 0.4) is 0 Å². The molecule has 2 aromatic rings. The van der Waals surface area contributed by atoms with Crippen LogP contribution in [-0.4, -0.2) is 43.0 Å². The molecule has 0 spiro atoms. The van der Waals surface area contributed by atoms with Crippen molar-refractivity contribution >= 4 is 5.91 Å². The number of hydrogen-bond donors (Lipinski definition) is 0. The number of carbonyl (C=O) groups excluding carboxylic acids is 1. The monoisotopic (exact) mass is 353 g/mol. The summed E-state index contributed by atoms with van der Waals surface area (Å²) in [5, 5.41) is 0. The van der Waals surface area contributed by atoms with Gasteiger partial charge >= 0.3 is 6.01 Å². The molecule has 0 saturated heterocycles. The summed E-state index contributed by atoms with van der Waals surface area (Å²) in [6.07, 6.45) is 12.0. The Bertz CT molecular complexity index is 815. The predicted molar refractivity (Wildman–Crippen MR) is 95.3 cm³/mol. The predicted octanol–water partition coefficient (Wildman–Crippen LogP) is 2.04. The van der Waals surface area contributed by atoms with Crippen LogP contribution < -0.4 is 4.74 Å². The van der Waals surface area contributed by atoms with Gasteiger partial charge in [-0.3, -0.25) is 4.79 Å². The molecule has 136 valence electrons. The van der Waals surface area contributed by atoms with Crippen LogP contribution in [0.1, 0.15) is 37.1 Å². The third kappa shape index (κ3) is 3.34. The van der Waals surface area contributed by atoms with Gasteiger partial charge in [0.25, 0.3) is 0 Å². The topological polar surface area (TPSA) is 73.1 Å². The number of carbonyl (C=O) groups is 1. The highest BCUT2D eigenvalue weighted by Crippen LogP contribution is 2.27. The molecule has 0 saturated carbocycles. The number of allylic oxidation sites excluding steroid dienone is 1. The second-order valence-corrected chi connectivity index (χ2v) is 6.86. The minimum absolute atomic E-state index is 0.0583. The van der Waals surface area contributed by atoms with Gasteiger partial charge in [-0.15, -0.1) is 0 Å². The summed E-state index contributed by atoms with van der Waals surface area (Å²) >= 11 is 0. The molecule has 7 heteroatoms. The van der Waals surface area contributed by atoms with E-state index in [0.717, 1.165) is 42.6 Å². The van der Waals surface area contributed by atoms with Gasteiger partial charge in [0.2, 0.25) is 5.91 Å². The molecule has 0 N–H and O–H groups in total. The molecule has 7 nitrogen and oxygen atoms in total. The van der Waals surface area contributed by atoms with Crippen molar-refractivity contribution in [1.29, 1.82) is 0 Å². The number of amides is 1. The SMILES string of the molecule is Cn1cnc2c1C[C@H](COc1ncccn1)N(C(=O)C1=CCCCC1)C2. The number of aryl methyl sites for hydroxylation is 1. The van der Waals surface area contributed by atoms with Crippen molar-refractivity contribution in [2.45, 2.75) is 44.7 Å². The molecule has 2 aromatic heterocycles. The first-order valence-corrected chi connectivity index (χ1v) is 9.11. The fourth-order valence-corrected chi connectivity index (χ4v) is 3.66. The van der Waals surface area contributed by atoms with Crippen LogP contribution in [0.5, 0.6) is 6.01 Å². The fraction of sp³-hybridized carbons (Fsp3) is 0.474. The first-order valence-electron chi connectivity index (χ1n) is 9.11. The number of imidazole rings is 1. The fourth-order valence-electron chi connectivity index (χ4n) is 3.66. The molecule has 0 radical (unpaired) electrons. The Morgan fingerprint density at radius 2 is 2.12 bits per heavy atom. The summed E-state index contributed by atoms with van der Waals surface area (Å²) < 4.78 is 7.81. The van der Waals surface area contributed by atoms with E-state index in [4.69, 9.17) is 4.74 Å². The molecule has 0 fully saturated rings. The van der Waals surface area contributed by atoms with E-state index >= 15 is 0 Å². The number of nitrogens with zero attached hydrogens (tertiary/aromatic N) is 5. The van der Waals surface area contributed by atoms with E-state index in [9.17, 15) is 4.79 Å². The van der Waals surface area contributed by atoms with Gasteiger partial charge in [-0.1, -0.05) is 6.08 Å². The minimum Gasteiger partial charge on any atom is -0.461 e. The van der Waals surface area contributed by atoms with Gasteiger partial charge in [0.15, 0.2) is 0 Å². The van der Waals surface area contributed by atoms with E-state index in [2.05, 4.69) is 21.0 Å².